The number of nitrogens with one attached hydrogen (secondary N) is 2. The zero-order chi connectivity index (χ0) is 29.1. The number of halogens is 8. The first-order valence-electron chi connectivity index (χ1n) is 10.9. The molecule has 2 rings (SSSR count). The Labute approximate surface area is 226 Å². The highest BCUT2D eigenvalue weighted by atomic mass is 127. The summed E-state index contributed by atoms with van der Waals surface area (Å²) in [6.07, 6.45) is -12.7. The first kappa shape index (κ1) is 31.3. The second kappa shape index (κ2) is 11.9. The van der Waals surface area contributed by atoms with E-state index >= 15 is 0 Å². The number of hydrogen-bond donors (Lipinski definition) is 2. The Bertz CT molecular complexity index is 1200. The predicted molar refractivity (Wildman–Crippen MR) is 131 cm³/mol. The van der Waals surface area contributed by atoms with Gasteiger partial charge in [-0.3, -0.25) is 14.4 Å². The molecular formula is C24H22F7IN2O4. The van der Waals surface area contributed by atoms with Crippen molar-refractivity contribution < 1.29 is 49.9 Å². The van der Waals surface area contributed by atoms with Crippen LogP contribution < -0.4 is 10.6 Å². The number of aryl methyl sites for hydroxylation is 1. The molecule has 2 aromatic rings. The Balaban J connectivity index is 2.35. The molecule has 1 unspecified atom stereocenters. The molecule has 0 aliphatic heterocycles. The van der Waals surface area contributed by atoms with Crippen molar-refractivity contribution >= 4 is 46.1 Å². The quantitative estimate of drug-likeness (QED) is 0.200. The molecular weight excluding hydrogens is 640 g/mol. The van der Waals surface area contributed by atoms with Gasteiger partial charge in [0.05, 0.1) is 24.2 Å². The maximum absolute atomic E-state index is 14.4. The van der Waals surface area contributed by atoms with Crippen LogP contribution in [-0.4, -0.2) is 42.8 Å². The van der Waals surface area contributed by atoms with Crippen LogP contribution in [-0.2, 0) is 15.2 Å². The number of ether oxygens (including phenoxy) is 1. The zero-order valence-corrected chi connectivity index (χ0v) is 22.3. The molecule has 0 aromatic heterocycles. The lowest BCUT2D eigenvalue weighted by molar-refractivity contribution is -0.348. The molecule has 0 fully saturated rings. The van der Waals surface area contributed by atoms with Crippen molar-refractivity contribution in [1.29, 1.82) is 0 Å². The molecule has 0 spiro atoms. The standard InChI is InChI=1S/C24H22F7IN2O4/c1-4-38-18(35)11-13(3)33-21(37)19-15(6-5-7-16(19)32)20(36)34-17-9-8-14(10-12(17)2)22(25,23(26,27)28)24(29,30)31/h5-10,13H,4,11H2,1-3H3,(H,33,37)(H,34,36). The number of rotatable bonds is 8. The second-order valence-corrected chi connectivity index (χ2v) is 9.35. The molecule has 0 heterocycles. The van der Waals surface area contributed by atoms with Gasteiger partial charge in [0.1, 0.15) is 0 Å². The molecule has 38 heavy (non-hydrogen) atoms. The van der Waals surface area contributed by atoms with Crippen molar-refractivity contribution in [2.45, 2.75) is 51.3 Å². The van der Waals surface area contributed by atoms with E-state index in [1.807, 2.05) is 0 Å². The number of carbonyl (C=O) groups is 3. The number of esters is 1. The summed E-state index contributed by atoms with van der Waals surface area (Å²) in [4.78, 5) is 37.5. The normalized spacial score (nSPS) is 13.0. The fraction of sp³-hybridized carbons (Fsp3) is 0.375. The Morgan fingerprint density at radius 1 is 0.974 bits per heavy atom. The van der Waals surface area contributed by atoms with Crippen molar-refractivity contribution in [2.75, 3.05) is 11.9 Å². The summed E-state index contributed by atoms with van der Waals surface area (Å²) >= 11 is 1.80. The molecule has 2 N–H and O–H groups in total. The van der Waals surface area contributed by atoms with Crippen molar-refractivity contribution in [3.63, 3.8) is 0 Å². The fourth-order valence-electron chi connectivity index (χ4n) is 3.46. The Kier molecular flexibility index (Phi) is 9.78. The molecule has 0 bridgehead atoms. The van der Waals surface area contributed by atoms with Crippen LogP contribution in [0.15, 0.2) is 36.4 Å². The molecule has 208 valence electrons. The van der Waals surface area contributed by atoms with Gasteiger partial charge in [0, 0.05) is 20.9 Å². The molecule has 0 saturated heterocycles. The van der Waals surface area contributed by atoms with Crippen molar-refractivity contribution in [1.82, 2.24) is 5.32 Å². The van der Waals surface area contributed by atoms with Crippen LogP contribution in [0.4, 0.5) is 36.4 Å². The molecule has 0 radical (unpaired) electrons. The fourth-order valence-corrected chi connectivity index (χ4v) is 4.20. The summed E-state index contributed by atoms with van der Waals surface area (Å²) in [5, 5.41) is 4.90. The second-order valence-electron chi connectivity index (χ2n) is 8.18. The molecule has 14 heteroatoms. The first-order chi connectivity index (χ1) is 17.4. The van der Waals surface area contributed by atoms with E-state index in [2.05, 4.69) is 10.6 Å². The van der Waals surface area contributed by atoms with Crippen LogP contribution in [0, 0.1) is 10.5 Å². The third kappa shape index (κ3) is 6.74. The van der Waals surface area contributed by atoms with E-state index in [4.69, 9.17) is 4.74 Å². The average molecular weight is 662 g/mol. The van der Waals surface area contributed by atoms with E-state index in [1.165, 1.54) is 18.2 Å². The Morgan fingerprint density at radius 3 is 2.11 bits per heavy atom. The third-order valence-electron chi connectivity index (χ3n) is 5.29. The maximum atomic E-state index is 14.4. The van der Waals surface area contributed by atoms with Gasteiger partial charge in [0.2, 0.25) is 0 Å². The number of benzene rings is 2. The highest BCUT2D eigenvalue weighted by molar-refractivity contribution is 14.1. The summed E-state index contributed by atoms with van der Waals surface area (Å²) in [7, 11) is 0. The number of alkyl halides is 7. The van der Waals surface area contributed by atoms with Gasteiger partial charge in [0.25, 0.3) is 11.8 Å². The van der Waals surface area contributed by atoms with Gasteiger partial charge in [-0.1, -0.05) is 18.2 Å². The summed E-state index contributed by atoms with van der Waals surface area (Å²) in [5.41, 5.74) is -8.04. The van der Waals surface area contributed by atoms with E-state index in [9.17, 15) is 45.1 Å². The van der Waals surface area contributed by atoms with E-state index in [0.29, 0.717) is 15.7 Å². The molecule has 0 aliphatic carbocycles. The SMILES string of the molecule is CCOC(=O)CC(C)NC(=O)c1c(I)cccc1C(=O)Nc1ccc(C(F)(C(F)(F)F)C(F)(F)F)cc1C. The average Bonchev–Trinajstić information content (AvgIpc) is 2.77. The summed E-state index contributed by atoms with van der Waals surface area (Å²) in [5.74, 6) is -2.16. The van der Waals surface area contributed by atoms with Gasteiger partial charge in [-0.05, 0) is 67.1 Å². The van der Waals surface area contributed by atoms with Gasteiger partial charge < -0.3 is 15.4 Å². The summed E-state index contributed by atoms with van der Waals surface area (Å²) < 4.78 is 98.0. The van der Waals surface area contributed by atoms with Crippen LogP contribution in [0.25, 0.3) is 0 Å². The third-order valence-corrected chi connectivity index (χ3v) is 6.19. The summed E-state index contributed by atoms with van der Waals surface area (Å²) in [6, 6.07) is 4.94. The largest absolute Gasteiger partial charge is 0.466 e. The van der Waals surface area contributed by atoms with E-state index < -0.39 is 47.4 Å². The molecule has 2 aromatic carbocycles. The Morgan fingerprint density at radius 2 is 1.58 bits per heavy atom. The molecule has 1 atom stereocenters. The monoisotopic (exact) mass is 662 g/mol. The summed E-state index contributed by atoms with van der Waals surface area (Å²) in [6.45, 7) is 4.40. The van der Waals surface area contributed by atoms with E-state index in [1.54, 1.807) is 36.4 Å². The van der Waals surface area contributed by atoms with Gasteiger partial charge in [-0.2, -0.15) is 26.3 Å². The van der Waals surface area contributed by atoms with Crippen LogP contribution in [0.5, 0.6) is 0 Å². The minimum Gasteiger partial charge on any atom is -0.466 e. The van der Waals surface area contributed by atoms with Gasteiger partial charge in [0.15, 0.2) is 0 Å². The molecule has 0 saturated carbocycles. The predicted octanol–water partition coefficient (Wildman–Crippen LogP) is 6.21. The molecule has 0 aliphatic rings. The Hall–Kier alpha value is -2.91. The smallest absolute Gasteiger partial charge is 0.435 e. The van der Waals surface area contributed by atoms with Crippen LogP contribution >= 0.6 is 22.6 Å². The van der Waals surface area contributed by atoms with Crippen LogP contribution in [0.3, 0.4) is 0 Å². The van der Waals surface area contributed by atoms with Gasteiger partial charge in [-0.15, -0.1) is 0 Å². The van der Waals surface area contributed by atoms with Crippen molar-refractivity contribution in [2.24, 2.45) is 0 Å². The first-order valence-corrected chi connectivity index (χ1v) is 12.0. The highest BCUT2D eigenvalue weighted by Gasteiger charge is 2.73. The van der Waals surface area contributed by atoms with Gasteiger partial charge >= 0.3 is 24.0 Å². The molecule has 6 nitrogen and oxygen atoms in total. The van der Waals surface area contributed by atoms with E-state index in [-0.39, 0.29) is 41.5 Å². The zero-order valence-electron chi connectivity index (χ0n) is 20.1. The highest BCUT2D eigenvalue weighted by Crippen LogP contribution is 2.53. The van der Waals surface area contributed by atoms with Crippen LogP contribution in [0.2, 0.25) is 0 Å². The van der Waals surface area contributed by atoms with Gasteiger partial charge in [-0.25, -0.2) is 4.39 Å². The van der Waals surface area contributed by atoms with Crippen molar-refractivity contribution in [3.05, 3.63) is 62.2 Å². The lowest BCUT2D eigenvalue weighted by atomic mass is 9.92. The lowest BCUT2D eigenvalue weighted by Crippen LogP contribution is -2.50. The molecule has 2 amide bonds. The van der Waals surface area contributed by atoms with Crippen molar-refractivity contribution in [3.8, 4) is 0 Å². The number of amides is 2. The lowest BCUT2D eigenvalue weighted by Gasteiger charge is -2.30. The number of hydrogen-bond acceptors (Lipinski definition) is 4. The number of anilines is 1. The van der Waals surface area contributed by atoms with E-state index in [0.717, 1.165) is 6.92 Å². The topological polar surface area (TPSA) is 84.5 Å². The van der Waals surface area contributed by atoms with Crippen LogP contribution in [0.1, 0.15) is 52.1 Å². The minimum absolute atomic E-state index is 0.0764. The number of carbonyl (C=O) groups excluding carboxylic acids is 3. The maximum Gasteiger partial charge on any atom is 0.435 e. The minimum atomic E-state index is -6.28.